The van der Waals surface area contributed by atoms with E-state index in [1.54, 1.807) is 12.1 Å². The lowest BCUT2D eigenvalue weighted by atomic mass is 9.93. The van der Waals surface area contributed by atoms with E-state index in [9.17, 15) is 4.79 Å². The Morgan fingerprint density at radius 3 is 2.29 bits per heavy atom. The standard InChI is InChI=1S/C13H19NO2.ClH/c1-4-9(2)12(14)10-5-7-11(8-6-10)13(15)16-3;/h5-9,12H,4,14H2,1-3H3;1H/t9?,12-;/m0./s1. The summed E-state index contributed by atoms with van der Waals surface area (Å²) in [5.41, 5.74) is 7.71. The molecular formula is C13H20ClNO2. The monoisotopic (exact) mass is 257 g/mol. The van der Waals surface area contributed by atoms with Crippen LogP contribution in [0, 0.1) is 5.92 Å². The molecule has 0 amide bonds. The molecule has 0 spiro atoms. The number of hydrogen-bond donors (Lipinski definition) is 1. The Morgan fingerprint density at radius 2 is 1.88 bits per heavy atom. The molecule has 2 N–H and O–H groups in total. The van der Waals surface area contributed by atoms with Gasteiger partial charge in [0.05, 0.1) is 12.7 Å². The Labute approximate surface area is 109 Å². The molecule has 2 atom stereocenters. The number of carbonyl (C=O) groups is 1. The Bertz CT molecular complexity index is 351. The van der Waals surface area contributed by atoms with Crippen molar-refractivity contribution in [1.29, 1.82) is 0 Å². The van der Waals surface area contributed by atoms with E-state index in [1.165, 1.54) is 7.11 Å². The summed E-state index contributed by atoms with van der Waals surface area (Å²) in [5, 5.41) is 0. The molecule has 0 heterocycles. The van der Waals surface area contributed by atoms with Gasteiger partial charge in [-0.25, -0.2) is 4.79 Å². The molecule has 1 rings (SSSR count). The van der Waals surface area contributed by atoms with E-state index in [2.05, 4.69) is 18.6 Å². The van der Waals surface area contributed by atoms with Crippen LogP contribution in [0.25, 0.3) is 0 Å². The average molecular weight is 258 g/mol. The minimum atomic E-state index is -0.316. The number of methoxy groups -OCH3 is 1. The fraction of sp³-hybridized carbons (Fsp3) is 0.462. The highest BCUT2D eigenvalue weighted by atomic mass is 35.5. The molecule has 1 aromatic rings. The molecule has 0 aliphatic rings. The second-order valence-electron chi connectivity index (χ2n) is 4.02. The van der Waals surface area contributed by atoms with Gasteiger partial charge in [-0.15, -0.1) is 12.4 Å². The van der Waals surface area contributed by atoms with Crippen LogP contribution in [0.3, 0.4) is 0 Å². The van der Waals surface area contributed by atoms with Crippen molar-refractivity contribution in [2.45, 2.75) is 26.3 Å². The van der Waals surface area contributed by atoms with Crippen molar-refractivity contribution in [3.05, 3.63) is 35.4 Å². The van der Waals surface area contributed by atoms with Gasteiger partial charge in [0.1, 0.15) is 0 Å². The summed E-state index contributed by atoms with van der Waals surface area (Å²) in [6, 6.07) is 7.32. The number of esters is 1. The number of benzene rings is 1. The molecule has 0 aromatic heterocycles. The predicted octanol–water partition coefficient (Wildman–Crippen LogP) is 2.94. The molecule has 0 saturated heterocycles. The van der Waals surface area contributed by atoms with E-state index in [1.807, 2.05) is 12.1 Å². The Balaban J connectivity index is 0.00000256. The summed E-state index contributed by atoms with van der Waals surface area (Å²) in [4.78, 5) is 11.2. The number of rotatable bonds is 4. The van der Waals surface area contributed by atoms with E-state index >= 15 is 0 Å². The molecule has 17 heavy (non-hydrogen) atoms. The molecule has 0 saturated carbocycles. The molecule has 0 fully saturated rings. The van der Waals surface area contributed by atoms with Crippen LogP contribution < -0.4 is 5.73 Å². The first-order chi connectivity index (χ1) is 7.60. The van der Waals surface area contributed by atoms with Crippen molar-refractivity contribution < 1.29 is 9.53 Å². The van der Waals surface area contributed by atoms with Gasteiger partial charge in [-0.3, -0.25) is 0 Å². The predicted molar refractivity (Wildman–Crippen MR) is 71.4 cm³/mol. The summed E-state index contributed by atoms with van der Waals surface area (Å²) in [5.74, 6) is 0.118. The average Bonchev–Trinajstić information content (AvgIpc) is 2.36. The maximum atomic E-state index is 11.2. The van der Waals surface area contributed by atoms with Gasteiger partial charge in [0.25, 0.3) is 0 Å². The van der Waals surface area contributed by atoms with Gasteiger partial charge in [0, 0.05) is 6.04 Å². The van der Waals surface area contributed by atoms with Gasteiger partial charge in [-0.2, -0.15) is 0 Å². The fourth-order valence-electron chi connectivity index (χ4n) is 1.54. The van der Waals surface area contributed by atoms with E-state index in [0.717, 1.165) is 12.0 Å². The summed E-state index contributed by atoms with van der Waals surface area (Å²) in [6.45, 7) is 4.24. The van der Waals surface area contributed by atoms with Crippen LogP contribution >= 0.6 is 12.4 Å². The second kappa shape index (κ2) is 7.30. The maximum absolute atomic E-state index is 11.2. The third-order valence-corrected chi connectivity index (χ3v) is 2.97. The first kappa shape index (κ1) is 15.9. The zero-order valence-corrected chi connectivity index (χ0v) is 11.3. The molecule has 3 nitrogen and oxygen atoms in total. The number of hydrogen-bond acceptors (Lipinski definition) is 3. The first-order valence-electron chi connectivity index (χ1n) is 5.54. The van der Waals surface area contributed by atoms with Crippen LogP contribution in [0.2, 0.25) is 0 Å². The van der Waals surface area contributed by atoms with E-state index in [-0.39, 0.29) is 24.4 Å². The van der Waals surface area contributed by atoms with Gasteiger partial charge in [-0.05, 0) is 23.6 Å². The van der Waals surface area contributed by atoms with Crippen LogP contribution in [0.1, 0.15) is 42.2 Å². The maximum Gasteiger partial charge on any atom is 0.337 e. The summed E-state index contributed by atoms with van der Waals surface area (Å²) < 4.78 is 4.64. The highest BCUT2D eigenvalue weighted by Crippen LogP contribution is 2.22. The molecule has 0 radical (unpaired) electrons. The lowest BCUT2D eigenvalue weighted by Crippen LogP contribution is -2.18. The molecular weight excluding hydrogens is 238 g/mol. The lowest BCUT2D eigenvalue weighted by molar-refractivity contribution is 0.0600. The minimum absolute atomic E-state index is 0. The number of carbonyl (C=O) groups excluding carboxylic acids is 1. The van der Waals surface area contributed by atoms with E-state index in [4.69, 9.17) is 5.73 Å². The van der Waals surface area contributed by atoms with Crippen molar-refractivity contribution in [3.63, 3.8) is 0 Å². The number of ether oxygens (including phenoxy) is 1. The summed E-state index contributed by atoms with van der Waals surface area (Å²) in [7, 11) is 1.38. The highest BCUT2D eigenvalue weighted by Gasteiger charge is 2.13. The third-order valence-electron chi connectivity index (χ3n) is 2.97. The fourth-order valence-corrected chi connectivity index (χ4v) is 1.54. The van der Waals surface area contributed by atoms with Gasteiger partial charge >= 0.3 is 5.97 Å². The molecule has 0 bridgehead atoms. The third kappa shape index (κ3) is 4.02. The van der Waals surface area contributed by atoms with Gasteiger partial charge in [0.15, 0.2) is 0 Å². The number of halogens is 1. The molecule has 0 aliphatic heterocycles. The quantitative estimate of drug-likeness (QED) is 0.844. The number of nitrogens with two attached hydrogens (primary N) is 1. The van der Waals surface area contributed by atoms with Crippen molar-refractivity contribution in [2.75, 3.05) is 7.11 Å². The largest absolute Gasteiger partial charge is 0.465 e. The van der Waals surface area contributed by atoms with E-state index in [0.29, 0.717) is 11.5 Å². The molecule has 1 aromatic carbocycles. The Kier molecular flexibility index (Phi) is 6.85. The van der Waals surface area contributed by atoms with Crippen molar-refractivity contribution in [2.24, 2.45) is 11.7 Å². The highest BCUT2D eigenvalue weighted by molar-refractivity contribution is 5.89. The van der Waals surface area contributed by atoms with Gasteiger partial charge in [0.2, 0.25) is 0 Å². The van der Waals surface area contributed by atoms with Crippen molar-refractivity contribution in [3.8, 4) is 0 Å². The smallest absolute Gasteiger partial charge is 0.337 e. The van der Waals surface area contributed by atoms with Crippen molar-refractivity contribution in [1.82, 2.24) is 0 Å². The minimum Gasteiger partial charge on any atom is -0.465 e. The van der Waals surface area contributed by atoms with Crippen LogP contribution in [-0.4, -0.2) is 13.1 Å². The zero-order chi connectivity index (χ0) is 12.1. The van der Waals surface area contributed by atoms with Crippen LogP contribution in [0.4, 0.5) is 0 Å². The van der Waals surface area contributed by atoms with Gasteiger partial charge in [-0.1, -0.05) is 32.4 Å². The zero-order valence-electron chi connectivity index (χ0n) is 10.5. The first-order valence-corrected chi connectivity index (χ1v) is 5.54. The van der Waals surface area contributed by atoms with Crippen LogP contribution in [0.15, 0.2) is 24.3 Å². The summed E-state index contributed by atoms with van der Waals surface area (Å²) in [6.07, 6.45) is 1.04. The van der Waals surface area contributed by atoms with Crippen LogP contribution in [-0.2, 0) is 4.74 Å². The van der Waals surface area contributed by atoms with Crippen LogP contribution in [0.5, 0.6) is 0 Å². The Morgan fingerprint density at radius 1 is 1.35 bits per heavy atom. The molecule has 96 valence electrons. The normalized spacial score (nSPS) is 13.4. The SMILES string of the molecule is CCC(C)[C@H](N)c1ccc(C(=O)OC)cc1.Cl. The van der Waals surface area contributed by atoms with E-state index < -0.39 is 0 Å². The lowest BCUT2D eigenvalue weighted by Gasteiger charge is -2.18. The topological polar surface area (TPSA) is 52.3 Å². The second-order valence-corrected chi connectivity index (χ2v) is 4.02. The molecule has 4 heteroatoms. The van der Waals surface area contributed by atoms with Gasteiger partial charge < -0.3 is 10.5 Å². The van der Waals surface area contributed by atoms with Crippen molar-refractivity contribution >= 4 is 18.4 Å². The molecule has 0 aliphatic carbocycles. The Hall–Kier alpha value is -1.06. The summed E-state index contributed by atoms with van der Waals surface area (Å²) >= 11 is 0. The molecule has 1 unspecified atom stereocenters.